The van der Waals surface area contributed by atoms with Crippen LogP contribution in [-0.4, -0.2) is 26.7 Å². The molecule has 0 amide bonds. The smallest absolute Gasteiger partial charge is 0.151 e. The Balaban J connectivity index is 1.69. The largest absolute Gasteiger partial charge is 0.311 e. The van der Waals surface area contributed by atoms with Crippen molar-refractivity contribution in [2.45, 2.75) is 26.8 Å². The maximum Gasteiger partial charge on any atom is 0.151 e. The molecule has 0 aromatic carbocycles. The SMILES string of the molecule is Cc1nc(CCNCc2cnc(C)s2)n[nH]1. The highest BCUT2D eigenvalue weighted by Crippen LogP contribution is 2.10. The van der Waals surface area contributed by atoms with Gasteiger partial charge in [-0.15, -0.1) is 11.3 Å². The van der Waals surface area contributed by atoms with Crippen LogP contribution in [0.1, 0.15) is 21.5 Å². The van der Waals surface area contributed by atoms with E-state index in [4.69, 9.17) is 0 Å². The third-order valence-corrected chi connectivity index (χ3v) is 3.05. The first-order valence-corrected chi connectivity index (χ1v) is 6.05. The van der Waals surface area contributed by atoms with E-state index in [1.807, 2.05) is 20.0 Å². The van der Waals surface area contributed by atoms with Crippen molar-refractivity contribution in [3.05, 3.63) is 27.7 Å². The van der Waals surface area contributed by atoms with Gasteiger partial charge in [-0.05, 0) is 13.8 Å². The molecule has 0 saturated carbocycles. The van der Waals surface area contributed by atoms with Gasteiger partial charge in [-0.2, -0.15) is 5.10 Å². The van der Waals surface area contributed by atoms with Crippen LogP contribution in [0.5, 0.6) is 0 Å². The van der Waals surface area contributed by atoms with Gasteiger partial charge < -0.3 is 5.32 Å². The molecule has 2 aromatic rings. The van der Waals surface area contributed by atoms with Gasteiger partial charge in [0.15, 0.2) is 5.82 Å². The lowest BCUT2D eigenvalue weighted by atomic mass is 10.4. The van der Waals surface area contributed by atoms with Crippen LogP contribution in [0.25, 0.3) is 0 Å². The Labute approximate surface area is 98.3 Å². The Kier molecular flexibility index (Phi) is 3.63. The summed E-state index contributed by atoms with van der Waals surface area (Å²) in [4.78, 5) is 9.72. The topological polar surface area (TPSA) is 66.5 Å². The molecule has 2 heterocycles. The summed E-state index contributed by atoms with van der Waals surface area (Å²) in [6, 6.07) is 0. The highest BCUT2D eigenvalue weighted by Gasteiger charge is 2.00. The molecule has 2 N–H and O–H groups in total. The Morgan fingerprint density at radius 2 is 2.31 bits per heavy atom. The average Bonchev–Trinajstić information content (AvgIpc) is 2.83. The third kappa shape index (κ3) is 3.11. The minimum absolute atomic E-state index is 0.849. The third-order valence-electron chi connectivity index (χ3n) is 2.14. The van der Waals surface area contributed by atoms with Crippen LogP contribution < -0.4 is 5.32 Å². The second-order valence-corrected chi connectivity index (χ2v) is 4.93. The minimum Gasteiger partial charge on any atom is -0.311 e. The molecule has 86 valence electrons. The molecule has 0 aliphatic rings. The minimum atomic E-state index is 0.849. The van der Waals surface area contributed by atoms with Crippen LogP contribution in [0.4, 0.5) is 0 Å². The van der Waals surface area contributed by atoms with Crippen molar-refractivity contribution >= 4 is 11.3 Å². The summed E-state index contributed by atoms with van der Waals surface area (Å²) in [6.45, 7) is 5.68. The number of H-pyrrole nitrogens is 1. The van der Waals surface area contributed by atoms with Gasteiger partial charge in [-0.25, -0.2) is 9.97 Å². The summed E-state index contributed by atoms with van der Waals surface area (Å²) in [6.07, 6.45) is 2.77. The summed E-state index contributed by atoms with van der Waals surface area (Å²) < 4.78 is 0. The predicted octanol–water partition coefficient (Wildman–Crippen LogP) is 1.21. The van der Waals surface area contributed by atoms with Crippen molar-refractivity contribution in [3.8, 4) is 0 Å². The summed E-state index contributed by atoms with van der Waals surface area (Å²) in [7, 11) is 0. The first-order chi connectivity index (χ1) is 7.74. The lowest BCUT2D eigenvalue weighted by molar-refractivity contribution is 0.676. The number of thiazole rings is 1. The predicted molar refractivity (Wildman–Crippen MR) is 63.4 cm³/mol. The molecule has 0 aliphatic carbocycles. The van der Waals surface area contributed by atoms with E-state index in [2.05, 4.69) is 25.5 Å². The fourth-order valence-electron chi connectivity index (χ4n) is 1.40. The van der Waals surface area contributed by atoms with E-state index in [1.165, 1.54) is 4.88 Å². The monoisotopic (exact) mass is 237 g/mol. The van der Waals surface area contributed by atoms with Crippen LogP contribution >= 0.6 is 11.3 Å². The standard InChI is InChI=1S/C10H15N5S/c1-7-13-10(15-14-7)3-4-11-5-9-6-12-8(2)16-9/h6,11H,3-5H2,1-2H3,(H,13,14,15). The van der Waals surface area contributed by atoms with Gasteiger partial charge in [-0.1, -0.05) is 0 Å². The molecule has 2 rings (SSSR count). The summed E-state index contributed by atoms with van der Waals surface area (Å²) in [5.41, 5.74) is 0. The van der Waals surface area contributed by atoms with Gasteiger partial charge >= 0.3 is 0 Å². The highest BCUT2D eigenvalue weighted by atomic mass is 32.1. The van der Waals surface area contributed by atoms with Crippen molar-refractivity contribution in [1.82, 2.24) is 25.5 Å². The number of aromatic nitrogens is 4. The zero-order valence-electron chi connectivity index (χ0n) is 9.45. The second kappa shape index (κ2) is 5.18. The molecule has 0 unspecified atom stereocenters. The maximum atomic E-state index is 4.24. The molecule has 6 heteroatoms. The van der Waals surface area contributed by atoms with Crippen LogP contribution in [0, 0.1) is 13.8 Å². The quantitative estimate of drug-likeness (QED) is 0.767. The van der Waals surface area contributed by atoms with Gasteiger partial charge in [0.1, 0.15) is 5.82 Å². The zero-order valence-corrected chi connectivity index (χ0v) is 10.3. The van der Waals surface area contributed by atoms with E-state index >= 15 is 0 Å². The molecule has 0 radical (unpaired) electrons. The number of rotatable bonds is 5. The first-order valence-electron chi connectivity index (χ1n) is 5.24. The normalized spacial score (nSPS) is 10.9. The Morgan fingerprint density at radius 3 is 2.94 bits per heavy atom. The maximum absolute atomic E-state index is 4.24. The van der Waals surface area contributed by atoms with Gasteiger partial charge in [-0.3, -0.25) is 5.10 Å². The van der Waals surface area contributed by atoms with Gasteiger partial charge in [0.25, 0.3) is 0 Å². The van der Waals surface area contributed by atoms with E-state index in [9.17, 15) is 0 Å². The molecule has 0 fully saturated rings. The molecular formula is C10H15N5S. The summed E-state index contributed by atoms with van der Waals surface area (Å²) in [5.74, 6) is 1.73. The number of nitrogens with zero attached hydrogens (tertiary/aromatic N) is 3. The van der Waals surface area contributed by atoms with Crippen LogP contribution in [-0.2, 0) is 13.0 Å². The van der Waals surface area contributed by atoms with Crippen molar-refractivity contribution in [1.29, 1.82) is 0 Å². The zero-order chi connectivity index (χ0) is 11.4. The summed E-state index contributed by atoms with van der Waals surface area (Å²) >= 11 is 1.73. The Morgan fingerprint density at radius 1 is 1.44 bits per heavy atom. The number of hydrogen-bond acceptors (Lipinski definition) is 5. The van der Waals surface area contributed by atoms with E-state index in [-0.39, 0.29) is 0 Å². The fraction of sp³-hybridized carbons (Fsp3) is 0.500. The van der Waals surface area contributed by atoms with Crippen LogP contribution in [0.2, 0.25) is 0 Å². The van der Waals surface area contributed by atoms with Crippen molar-refractivity contribution < 1.29 is 0 Å². The van der Waals surface area contributed by atoms with E-state index in [0.717, 1.165) is 36.2 Å². The molecule has 0 aliphatic heterocycles. The average molecular weight is 237 g/mol. The van der Waals surface area contributed by atoms with Gasteiger partial charge in [0, 0.05) is 30.6 Å². The molecular weight excluding hydrogens is 222 g/mol. The second-order valence-electron chi connectivity index (χ2n) is 3.61. The van der Waals surface area contributed by atoms with Crippen LogP contribution in [0.3, 0.4) is 0 Å². The van der Waals surface area contributed by atoms with E-state index in [0.29, 0.717) is 0 Å². The molecule has 0 saturated heterocycles. The van der Waals surface area contributed by atoms with E-state index < -0.39 is 0 Å². The van der Waals surface area contributed by atoms with Gasteiger partial charge in [0.05, 0.1) is 5.01 Å². The Bertz CT molecular complexity index is 405. The van der Waals surface area contributed by atoms with Crippen molar-refractivity contribution in [3.63, 3.8) is 0 Å². The lowest BCUT2D eigenvalue weighted by Crippen LogP contribution is -2.16. The first kappa shape index (κ1) is 11.2. The molecule has 0 bridgehead atoms. The molecule has 2 aromatic heterocycles. The van der Waals surface area contributed by atoms with E-state index in [1.54, 1.807) is 11.3 Å². The highest BCUT2D eigenvalue weighted by molar-refractivity contribution is 7.11. The lowest BCUT2D eigenvalue weighted by Gasteiger charge is -1.99. The summed E-state index contributed by atoms with van der Waals surface area (Å²) in [5, 5.41) is 11.4. The van der Waals surface area contributed by atoms with Gasteiger partial charge in [0.2, 0.25) is 0 Å². The molecule has 0 spiro atoms. The molecule has 5 nitrogen and oxygen atoms in total. The fourth-order valence-corrected chi connectivity index (χ4v) is 2.16. The van der Waals surface area contributed by atoms with Crippen molar-refractivity contribution in [2.24, 2.45) is 0 Å². The molecule has 16 heavy (non-hydrogen) atoms. The van der Waals surface area contributed by atoms with Crippen molar-refractivity contribution in [2.75, 3.05) is 6.54 Å². The number of nitrogens with one attached hydrogen (secondary N) is 2. The Hall–Kier alpha value is -1.27. The molecule has 0 atom stereocenters. The number of aryl methyl sites for hydroxylation is 2. The van der Waals surface area contributed by atoms with Crippen LogP contribution in [0.15, 0.2) is 6.20 Å². The number of hydrogen-bond donors (Lipinski definition) is 2. The number of aromatic amines is 1.